The van der Waals surface area contributed by atoms with Crippen LogP contribution in [-0.4, -0.2) is 72.5 Å². The minimum atomic E-state index is 0. The van der Waals surface area contributed by atoms with Gasteiger partial charge in [0.15, 0.2) is 0 Å². The number of aliphatic hydroxyl groups is 2. The van der Waals surface area contributed by atoms with Crippen molar-refractivity contribution in [1.29, 1.82) is 0 Å². The van der Waals surface area contributed by atoms with Crippen LogP contribution in [0.5, 0.6) is 0 Å². The second kappa shape index (κ2) is 11.2. The van der Waals surface area contributed by atoms with Crippen molar-refractivity contribution in [3.05, 3.63) is 0 Å². The molecule has 1 heterocycles. The van der Waals surface area contributed by atoms with E-state index in [9.17, 15) is 0 Å². The maximum atomic E-state index is 8.70. The minimum absolute atomic E-state index is 0. The highest BCUT2D eigenvalue weighted by Gasteiger charge is 2.15. The van der Waals surface area contributed by atoms with E-state index in [0.29, 0.717) is 13.2 Å². The fourth-order valence-corrected chi connectivity index (χ4v) is 1.83. The number of nitrogens with zero attached hydrogens (tertiary/aromatic N) is 2. The Kier molecular flexibility index (Phi) is 12.6. The second-order valence-corrected chi connectivity index (χ2v) is 3.84. The second-order valence-electron chi connectivity index (χ2n) is 3.84. The van der Waals surface area contributed by atoms with Gasteiger partial charge in [-0.25, -0.2) is 0 Å². The van der Waals surface area contributed by atoms with Gasteiger partial charge >= 0.3 is 0 Å². The van der Waals surface area contributed by atoms with Crippen LogP contribution in [0.2, 0.25) is 0 Å². The molecule has 0 saturated carbocycles. The van der Waals surface area contributed by atoms with Crippen LogP contribution in [0.4, 0.5) is 9.41 Å². The Bertz CT molecular complexity index is 129. The van der Waals surface area contributed by atoms with Gasteiger partial charge in [-0.2, -0.15) is 0 Å². The van der Waals surface area contributed by atoms with E-state index in [4.69, 9.17) is 10.2 Å². The number of halogens is 2. The van der Waals surface area contributed by atoms with E-state index in [2.05, 4.69) is 9.80 Å². The summed E-state index contributed by atoms with van der Waals surface area (Å²) in [6.45, 7) is 7.04. The van der Waals surface area contributed by atoms with Crippen molar-refractivity contribution in [3.63, 3.8) is 0 Å². The Balaban J connectivity index is 0. The number of hydrogen-bond donors (Lipinski definition) is 2. The van der Waals surface area contributed by atoms with Crippen molar-refractivity contribution in [2.24, 2.45) is 0 Å². The molecule has 0 aromatic carbocycles. The van der Waals surface area contributed by atoms with Crippen molar-refractivity contribution in [2.75, 3.05) is 52.5 Å². The molecule has 1 aliphatic heterocycles. The number of hydrogen-bond acceptors (Lipinski definition) is 4. The molecule has 0 unspecified atom stereocenters. The molecule has 6 heteroatoms. The van der Waals surface area contributed by atoms with Crippen molar-refractivity contribution in [3.8, 4) is 0 Å². The van der Waals surface area contributed by atoms with Crippen molar-refractivity contribution >= 4 is 0 Å². The van der Waals surface area contributed by atoms with Crippen LogP contribution in [0, 0.1) is 0 Å². The van der Waals surface area contributed by atoms with E-state index in [1.807, 2.05) is 0 Å². The summed E-state index contributed by atoms with van der Waals surface area (Å²) in [5.74, 6) is 0. The lowest BCUT2D eigenvalue weighted by Gasteiger charge is -2.34. The van der Waals surface area contributed by atoms with E-state index in [1.165, 1.54) is 0 Å². The van der Waals surface area contributed by atoms with E-state index in [-0.39, 0.29) is 9.41 Å². The smallest absolute Gasteiger partial charge is 0.0443 e. The van der Waals surface area contributed by atoms with Crippen LogP contribution in [0.25, 0.3) is 0 Å². The summed E-state index contributed by atoms with van der Waals surface area (Å²) >= 11 is 0. The molecule has 1 fully saturated rings. The number of piperazine rings is 1. The fraction of sp³-hybridized carbons (Fsp3) is 1.00. The zero-order valence-electron chi connectivity index (χ0n) is 9.68. The van der Waals surface area contributed by atoms with Gasteiger partial charge < -0.3 is 20.0 Å². The van der Waals surface area contributed by atoms with Crippen LogP contribution < -0.4 is 0 Å². The lowest BCUT2D eigenvalue weighted by molar-refractivity contribution is 0.118. The lowest BCUT2D eigenvalue weighted by atomic mass is 10.2. The molecule has 0 atom stereocenters. The molecule has 1 saturated heterocycles. The fourth-order valence-electron chi connectivity index (χ4n) is 1.83. The van der Waals surface area contributed by atoms with Crippen molar-refractivity contribution in [1.82, 2.24) is 9.80 Å². The van der Waals surface area contributed by atoms with Gasteiger partial charge in [-0.15, -0.1) is 0 Å². The maximum absolute atomic E-state index is 8.70. The summed E-state index contributed by atoms with van der Waals surface area (Å²) in [5, 5.41) is 17.4. The third-order valence-electron chi connectivity index (χ3n) is 2.73. The molecule has 2 N–H and O–H groups in total. The van der Waals surface area contributed by atoms with Gasteiger partial charge in [-0.05, 0) is 12.8 Å². The SMILES string of the molecule is F.F.OCCCN1CCN(CCCO)CC1. The molecule has 0 aliphatic carbocycles. The van der Waals surface area contributed by atoms with E-state index in [0.717, 1.165) is 52.1 Å². The molecule has 0 aromatic rings. The first-order valence-electron chi connectivity index (χ1n) is 5.53. The van der Waals surface area contributed by atoms with Crippen LogP contribution in [0.15, 0.2) is 0 Å². The standard InChI is InChI=1S/C10H22N2O2.2FH/c13-9-1-3-11-5-7-12(8-6-11)4-2-10-14;;/h13-14H,1-10H2;2*1H. The average molecular weight is 242 g/mol. The highest BCUT2D eigenvalue weighted by atomic mass is 19.0. The van der Waals surface area contributed by atoms with E-state index >= 15 is 0 Å². The van der Waals surface area contributed by atoms with Gasteiger partial charge in [0.05, 0.1) is 0 Å². The van der Waals surface area contributed by atoms with Crippen LogP contribution in [-0.2, 0) is 0 Å². The summed E-state index contributed by atoms with van der Waals surface area (Å²) in [5.41, 5.74) is 0. The number of aliphatic hydroxyl groups excluding tert-OH is 2. The van der Waals surface area contributed by atoms with E-state index < -0.39 is 0 Å². The van der Waals surface area contributed by atoms with Gasteiger partial charge in [0.25, 0.3) is 0 Å². The summed E-state index contributed by atoms with van der Waals surface area (Å²) < 4.78 is 0. The molecule has 1 rings (SSSR count). The van der Waals surface area contributed by atoms with Crippen molar-refractivity contribution < 1.29 is 19.6 Å². The average Bonchev–Trinajstić information content (AvgIpc) is 2.25. The number of rotatable bonds is 6. The zero-order chi connectivity index (χ0) is 10.2. The molecule has 0 radical (unpaired) electrons. The van der Waals surface area contributed by atoms with Crippen LogP contribution >= 0.6 is 0 Å². The zero-order valence-corrected chi connectivity index (χ0v) is 9.68. The van der Waals surface area contributed by atoms with Gasteiger partial charge in [-0.1, -0.05) is 0 Å². The Labute approximate surface area is 95.6 Å². The Hall–Kier alpha value is -0.300. The molecular formula is C10H24F2N2O2. The maximum Gasteiger partial charge on any atom is 0.0443 e. The first kappa shape index (κ1) is 18.1. The van der Waals surface area contributed by atoms with Crippen LogP contribution in [0.1, 0.15) is 12.8 Å². The normalized spacial score (nSPS) is 17.6. The molecule has 0 amide bonds. The van der Waals surface area contributed by atoms with Crippen LogP contribution in [0.3, 0.4) is 0 Å². The van der Waals surface area contributed by atoms with Crippen molar-refractivity contribution in [2.45, 2.75) is 12.8 Å². The lowest BCUT2D eigenvalue weighted by Crippen LogP contribution is -2.46. The minimum Gasteiger partial charge on any atom is -0.396 e. The Morgan fingerprint density at radius 2 is 1.00 bits per heavy atom. The highest BCUT2D eigenvalue weighted by Crippen LogP contribution is 2.02. The first-order chi connectivity index (χ1) is 6.86. The molecule has 0 aromatic heterocycles. The predicted molar refractivity (Wildman–Crippen MR) is 61.3 cm³/mol. The first-order valence-corrected chi connectivity index (χ1v) is 5.53. The largest absolute Gasteiger partial charge is 0.396 e. The molecular weight excluding hydrogens is 218 g/mol. The summed E-state index contributed by atoms with van der Waals surface area (Å²) in [7, 11) is 0. The molecule has 1 aliphatic rings. The van der Waals surface area contributed by atoms with Gasteiger partial charge in [0, 0.05) is 52.5 Å². The topological polar surface area (TPSA) is 46.9 Å². The predicted octanol–water partition coefficient (Wildman–Crippen LogP) is -0.326. The monoisotopic (exact) mass is 242 g/mol. The summed E-state index contributed by atoms with van der Waals surface area (Å²) in [4.78, 5) is 4.79. The van der Waals surface area contributed by atoms with E-state index in [1.54, 1.807) is 0 Å². The molecule has 100 valence electrons. The summed E-state index contributed by atoms with van der Waals surface area (Å²) in [6, 6.07) is 0. The third-order valence-corrected chi connectivity index (χ3v) is 2.73. The Morgan fingerprint density at radius 1 is 0.688 bits per heavy atom. The molecule has 4 nitrogen and oxygen atoms in total. The highest BCUT2D eigenvalue weighted by molar-refractivity contribution is 4.71. The van der Waals surface area contributed by atoms with Gasteiger partial charge in [0.2, 0.25) is 0 Å². The van der Waals surface area contributed by atoms with Gasteiger partial charge in [0.1, 0.15) is 0 Å². The van der Waals surface area contributed by atoms with Gasteiger partial charge in [-0.3, -0.25) is 9.41 Å². The molecule has 16 heavy (non-hydrogen) atoms. The summed E-state index contributed by atoms with van der Waals surface area (Å²) in [6.07, 6.45) is 1.77. The third kappa shape index (κ3) is 7.05. The molecule has 0 bridgehead atoms. The quantitative estimate of drug-likeness (QED) is 0.670. The molecule has 0 spiro atoms. The Morgan fingerprint density at radius 3 is 1.25 bits per heavy atom.